The molecule has 0 saturated heterocycles. The summed E-state index contributed by atoms with van der Waals surface area (Å²) in [5.74, 6) is -0.442. The lowest BCUT2D eigenvalue weighted by Crippen LogP contribution is -2.44. The normalized spacial score (nSPS) is 22.2. The lowest BCUT2D eigenvalue weighted by atomic mass is 9.58. The van der Waals surface area contributed by atoms with E-state index in [1.165, 1.54) is 0 Å². The first-order chi connectivity index (χ1) is 8.39. The standard InChI is InChI=1S/C15H20B2O2/c1-13(2)7-8(14(3,4)15(13,5)6)11(18)12(19)10(17)9(7)16/h18-19H,1-6H3. The van der Waals surface area contributed by atoms with Gasteiger partial charge in [-0.15, -0.1) is 0 Å². The fourth-order valence-electron chi connectivity index (χ4n) is 3.43. The first kappa shape index (κ1) is 14.4. The Balaban J connectivity index is 3.02. The molecule has 0 atom stereocenters. The van der Waals surface area contributed by atoms with Crippen molar-refractivity contribution in [2.45, 2.75) is 52.4 Å². The molecule has 4 radical (unpaired) electrons. The van der Waals surface area contributed by atoms with Crippen LogP contribution in [0.4, 0.5) is 0 Å². The molecule has 98 valence electrons. The Morgan fingerprint density at radius 3 is 1.58 bits per heavy atom. The zero-order chi connectivity index (χ0) is 15.0. The molecule has 0 bridgehead atoms. The highest BCUT2D eigenvalue weighted by Crippen LogP contribution is 2.63. The number of phenols is 2. The molecule has 0 unspecified atom stereocenters. The third kappa shape index (κ3) is 1.35. The Morgan fingerprint density at radius 2 is 1.11 bits per heavy atom. The van der Waals surface area contributed by atoms with E-state index in [2.05, 4.69) is 41.5 Å². The molecule has 0 heterocycles. The highest BCUT2D eigenvalue weighted by molar-refractivity contribution is 6.51. The monoisotopic (exact) mass is 254 g/mol. The van der Waals surface area contributed by atoms with Crippen molar-refractivity contribution in [3.05, 3.63) is 11.1 Å². The number of rotatable bonds is 0. The van der Waals surface area contributed by atoms with E-state index in [9.17, 15) is 10.2 Å². The van der Waals surface area contributed by atoms with Gasteiger partial charge in [-0.1, -0.05) is 52.5 Å². The van der Waals surface area contributed by atoms with Gasteiger partial charge in [-0.3, -0.25) is 0 Å². The number of aromatic hydroxyl groups is 2. The first-order valence-electron chi connectivity index (χ1n) is 6.52. The van der Waals surface area contributed by atoms with Crippen LogP contribution < -0.4 is 10.9 Å². The number of phenolic OH excluding ortho intramolecular Hbond substituents is 2. The van der Waals surface area contributed by atoms with E-state index >= 15 is 0 Å². The number of fused-ring (bicyclic) bond motifs is 1. The predicted molar refractivity (Wildman–Crippen MR) is 80.4 cm³/mol. The van der Waals surface area contributed by atoms with Crippen LogP contribution in [0.25, 0.3) is 0 Å². The van der Waals surface area contributed by atoms with Gasteiger partial charge in [0.25, 0.3) is 0 Å². The van der Waals surface area contributed by atoms with E-state index in [0.29, 0.717) is 11.0 Å². The van der Waals surface area contributed by atoms with Crippen molar-refractivity contribution in [2.75, 3.05) is 0 Å². The van der Waals surface area contributed by atoms with Gasteiger partial charge in [0.1, 0.15) is 21.4 Å². The summed E-state index contributed by atoms with van der Waals surface area (Å²) in [5, 5.41) is 20.3. The average molecular weight is 254 g/mol. The van der Waals surface area contributed by atoms with Crippen LogP contribution in [0.2, 0.25) is 0 Å². The van der Waals surface area contributed by atoms with Gasteiger partial charge in [0.15, 0.2) is 5.75 Å². The summed E-state index contributed by atoms with van der Waals surface area (Å²) in [6, 6.07) is 0. The number of benzene rings is 1. The van der Waals surface area contributed by atoms with Crippen molar-refractivity contribution in [2.24, 2.45) is 5.41 Å². The molecule has 0 fully saturated rings. The van der Waals surface area contributed by atoms with Crippen molar-refractivity contribution in [3.8, 4) is 11.5 Å². The molecule has 0 amide bonds. The first-order valence-corrected chi connectivity index (χ1v) is 6.52. The van der Waals surface area contributed by atoms with Gasteiger partial charge in [0.05, 0.1) is 0 Å². The van der Waals surface area contributed by atoms with Gasteiger partial charge in [-0.05, 0) is 21.8 Å². The smallest absolute Gasteiger partial charge is 0.160 e. The van der Waals surface area contributed by atoms with Crippen molar-refractivity contribution in [3.63, 3.8) is 0 Å². The molecule has 1 aliphatic carbocycles. The summed E-state index contributed by atoms with van der Waals surface area (Å²) < 4.78 is 0. The second kappa shape index (κ2) is 3.53. The predicted octanol–water partition coefficient (Wildman–Crippen LogP) is 1.28. The fraction of sp³-hybridized carbons (Fsp3) is 0.600. The minimum atomic E-state index is -0.324. The molecule has 2 rings (SSSR count). The van der Waals surface area contributed by atoms with Crippen molar-refractivity contribution < 1.29 is 10.2 Å². The molecule has 2 N–H and O–H groups in total. The summed E-state index contributed by atoms with van der Waals surface area (Å²) in [4.78, 5) is 0. The summed E-state index contributed by atoms with van der Waals surface area (Å²) >= 11 is 0. The molecule has 19 heavy (non-hydrogen) atoms. The summed E-state index contributed by atoms with van der Waals surface area (Å²) in [6.45, 7) is 12.6. The molecular weight excluding hydrogens is 234 g/mol. The highest BCUT2D eigenvalue weighted by atomic mass is 16.3. The van der Waals surface area contributed by atoms with Gasteiger partial charge in [-0.2, -0.15) is 0 Å². The fourth-order valence-corrected chi connectivity index (χ4v) is 3.43. The quantitative estimate of drug-likeness (QED) is 0.540. The minimum Gasteiger partial charge on any atom is -0.505 e. The molecule has 0 saturated carbocycles. The Kier molecular flexibility index (Phi) is 2.67. The van der Waals surface area contributed by atoms with Crippen LogP contribution in [0.5, 0.6) is 11.5 Å². The molecule has 1 aliphatic rings. The SMILES string of the molecule is [B]c1c([B])c2c(c(O)c1O)C(C)(C)C(C)(C)C2(C)C. The van der Waals surface area contributed by atoms with Gasteiger partial charge < -0.3 is 10.2 Å². The van der Waals surface area contributed by atoms with E-state index < -0.39 is 0 Å². The van der Waals surface area contributed by atoms with Gasteiger partial charge in [-0.25, -0.2) is 0 Å². The van der Waals surface area contributed by atoms with Crippen molar-refractivity contribution in [1.29, 1.82) is 0 Å². The van der Waals surface area contributed by atoms with Gasteiger partial charge >= 0.3 is 0 Å². The maximum Gasteiger partial charge on any atom is 0.160 e. The van der Waals surface area contributed by atoms with Crippen LogP contribution in [0.15, 0.2) is 0 Å². The maximum atomic E-state index is 10.3. The molecule has 1 aromatic carbocycles. The molecule has 4 heteroatoms. The minimum absolute atomic E-state index is 0.0674. The molecule has 0 spiro atoms. The molecular formula is C15H20B2O2. The average Bonchev–Trinajstić information content (AvgIpc) is 2.39. The van der Waals surface area contributed by atoms with Gasteiger partial charge in [0, 0.05) is 5.56 Å². The van der Waals surface area contributed by atoms with Crippen LogP contribution in [0, 0.1) is 5.41 Å². The third-order valence-electron chi connectivity index (χ3n) is 5.90. The molecule has 1 aromatic rings. The molecule has 0 aliphatic heterocycles. The van der Waals surface area contributed by atoms with E-state index in [1.54, 1.807) is 0 Å². The second-order valence-corrected chi connectivity index (χ2v) is 7.15. The maximum absolute atomic E-state index is 10.3. The van der Waals surface area contributed by atoms with Crippen LogP contribution >= 0.6 is 0 Å². The van der Waals surface area contributed by atoms with E-state index in [0.717, 1.165) is 5.56 Å². The summed E-state index contributed by atoms with van der Waals surface area (Å²) in [6.07, 6.45) is 0. The summed E-state index contributed by atoms with van der Waals surface area (Å²) in [5.41, 5.74) is 1.30. The zero-order valence-electron chi connectivity index (χ0n) is 12.5. The van der Waals surface area contributed by atoms with Crippen LogP contribution in [0.1, 0.15) is 52.7 Å². The topological polar surface area (TPSA) is 40.5 Å². The second-order valence-electron chi connectivity index (χ2n) is 7.15. The van der Waals surface area contributed by atoms with Crippen LogP contribution in [-0.2, 0) is 10.8 Å². The Morgan fingerprint density at radius 1 is 0.684 bits per heavy atom. The zero-order valence-corrected chi connectivity index (χ0v) is 12.5. The molecule has 2 nitrogen and oxygen atoms in total. The number of hydrogen-bond donors (Lipinski definition) is 2. The summed E-state index contributed by atoms with van der Waals surface area (Å²) in [7, 11) is 11.9. The Bertz CT molecular complexity index is 523. The highest BCUT2D eigenvalue weighted by Gasteiger charge is 2.58. The van der Waals surface area contributed by atoms with Crippen LogP contribution in [0.3, 0.4) is 0 Å². The van der Waals surface area contributed by atoms with Crippen LogP contribution in [-0.4, -0.2) is 25.9 Å². The lowest BCUT2D eigenvalue weighted by Gasteiger charge is -2.44. The van der Waals surface area contributed by atoms with Crippen molar-refractivity contribution >= 4 is 26.6 Å². The van der Waals surface area contributed by atoms with E-state index in [-0.39, 0.29) is 33.2 Å². The van der Waals surface area contributed by atoms with E-state index in [4.69, 9.17) is 15.7 Å². The van der Waals surface area contributed by atoms with Gasteiger partial charge in [0.2, 0.25) is 0 Å². The number of hydrogen-bond acceptors (Lipinski definition) is 2. The third-order valence-corrected chi connectivity index (χ3v) is 5.90. The van der Waals surface area contributed by atoms with E-state index in [1.807, 2.05) is 0 Å². The largest absolute Gasteiger partial charge is 0.505 e. The Labute approximate surface area is 118 Å². The molecule has 0 aromatic heterocycles. The van der Waals surface area contributed by atoms with Crippen molar-refractivity contribution in [1.82, 2.24) is 0 Å². The lowest BCUT2D eigenvalue weighted by molar-refractivity contribution is 0.124. The Hall–Kier alpha value is -1.05.